The second kappa shape index (κ2) is 22.3. The van der Waals surface area contributed by atoms with Gasteiger partial charge in [-0.2, -0.15) is 0 Å². The number of nitrogens with one attached hydrogen (secondary N) is 1. The number of ether oxygens (including phenoxy) is 3. The van der Waals surface area contributed by atoms with E-state index in [-0.39, 0.29) is 31.3 Å². The largest absolute Gasteiger partial charge is 0.514 e. The predicted octanol–water partition coefficient (Wildman–Crippen LogP) is 3.89. The summed E-state index contributed by atoms with van der Waals surface area (Å²) in [7, 11) is 4.50. The highest BCUT2D eigenvalue weighted by Gasteiger charge is 2.08. The van der Waals surface area contributed by atoms with Crippen LogP contribution >= 0.6 is 18.5 Å². The van der Waals surface area contributed by atoms with Crippen LogP contribution in [-0.4, -0.2) is 43.0 Å². The first-order valence-corrected chi connectivity index (χ1v) is 10.1. The van der Waals surface area contributed by atoms with E-state index in [0.29, 0.717) is 12.9 Å². The molecule has 1 aromatic carbocycles. The molecular formula is C17H33N3O7P2. The molecule has 2 unspecified atom stereocenters. The third-order valence-electron chi connectivity index (χ3n) is 2.47. The van der Waals surface area contributed by atoms with Crippen LogP contribution in [0.2, 0.25) is 0 Å². The van der Waals surface area contributed by atoms with Crippen molar-refractivity contribution in [2.24, 2.45) is 5.73 Å². The third-order valence-corrected chi connectivity index (χ3v) is 2.81. The lowest BCUT2D eigenvalue weighted by molar-refractivity contribution is -0.384. The highest BCUT2D eigenvalue weighted by molar-refractivity contribution is 7.16. The van der Waals surface area contributed by atoms with Gasteiger partial charge in [0.05, 0.1) is 4.92 Å². The van der Waals surface area contributed by atoms with Crippen LogP contribution in [0.15, 0.2) is 24.3 Å². The zero-order chi connectivity index (χ0) is 21.8. The van der Waals surface area contributed by atoms with E-state index in [9.17, 15) is 19.7 Å². The van der Waals surface area contributed by atoms with Crippen molar-refractivity contribution in [2.75, 3.05) is 25.8 Å². The lowest BCUT2D eigenvalue weighted by atomic mass is 10.3. The number of hydrogen-bond donors (Lipinski definition) is 2. The van der Waals surface area contributed by atoms with Crippen LogP contribution in [0, 0.1) is 10.1 Å². The monoisotopic (exact) mass is 453 g/mol. The minimum atomic E-state index is -0.848. The van der Waals surface area contributed by atoms with Gasteiger partial charge in [0.25, 0.3) is 5.69 Å². The fourth-order valence-electron chi connectivity index (χ4n) is 1.18. The molecule has 29 heavy (non-hydrogen) atoms. The lowest BCUT2D eigenvalue weighted by Crippen LogP contribution is -2.24. The van der Waals surface area contributed by atoms with Gasteiger partial charge in [-0.3, -0.25) is 10.1 Å². The van der Waals surface area contributed by atoms with Gasteiger partial charge in [-0.25, -0.2) is 9.59 Å². The van der Waals surface area contributed by atoms with Gasteiger partial charge in [0.2, 0.25) is 0 Å². The van der Waals surface area contributed by atoms with Gasteiger partial charge >= 0.3 is 12.2 Å². The molecule has 10 nitrogen and oxygen atoms in total. The number of nitro benzene ring substituents is 1. The summed E-state index contributed by atoms with van der Waals surface area (Å²) in [6.07, 6.45) is 1.33. The Morgan fingerprint density at radius 2 is 1.62 bits per heavy atom. The average molecular weight is 453 g/mol. The Labute approximate surface area is 176 Å². The molecule has 3 N–H and O–H groups in total. The number of carbonyl (C=O) groups is 2. The molecule has 0 radical (unpaired) electrons. The van der Waals surface area contributed by atoms with Gasteiger partial charge < -0.3 is 25.3 Å². The number of nitrogens with zero attached hydrogens (tertiary/aromatic N) is 1. The molecular weight excluding hydrogens is 420 g/mol. The number of non-ortho nitro benzene ring substituents is 1. The Kier molecular flexibility index (Phi) is 24.3. The van der Waals surface area contributed by atoms with E-state index >= 15 is 0 Å². The van der Waals surface area contributed by atoms with Crippen molar-refractivity contribution in [1.29, 1.82) is 0 Å². The van der Waals surface area contributed by atoms with E-state index in [1.807, 2.05) is 6.92 Å². The fourth-order valence-corrected chi connectivity index (χ4v) is 1.47. The first-order chi connectivity index (χ1) is 13.4. The fraction of sp³-hybridized carbons (Fsp3) is 0.529. The lowest BCUT2D eigenvalue weighted by Gasteiger charge is -2.02. The Morgan fingerprint density at radius 1 is 1.10 bits per heavy atom. The third kappa shape index (κ3) is 20.5. The number of amides is 1. The molecule has 1 aromatic rings. The van der Waals surface area contributed by atoms with Crippen LogP contribution in [0.1, 0.15) is 34.1 Å². The number of hydrogen-bond acceptors (Lipinski definition) is 8. The Hall–Kier alpha value is -2.02. The molecule has 0 saturated heterocycles. The van der Waals surface area contributed by atoms with E-state index in [1.165, 1.54) is 24.3 Å². The van der Waals surface area contributed by atoms with Crippen molar-refractivity contribution in [2.45, 2.75) is 34.1 Å². The average Bonchev–Trinajstić information content (AvgIpc) is 2.68. The van der Waals surface area contributed by atoms with Gasteiger partial charge in [0, 0.05) is 18.7 Å². The quantitative estimate of drug-likeness (QED) is 0.208. The Morgan fingerprint density at radius 3 is 2.00 bits per heavy atom. The highest BCUT2D eigenvalue weighted by atomic mass is 31.0. The minimum absolute atomic E-state index is 0. The van der Waals surface area contributed by atoms with Crippen LogP contribution in [0.4, 0.5) is 15.3 Å². The first kappa shape index (κ1) is 31.7. The molecule has 12 heteroatoms. The zero-order valence-electron chi connectivity index (χ0n) is 16.1. The molecule has 1 amide bonds. The minimum Gasteiger partial charge on any atom is -0.446 e. The molecule has 0 aliphatic rings. The van der Waals surface area contributed by atoms with Crippen molar-refractivity contribution in [3.63, 3.8) is 0 Å². The predicted molar refractivity (Wildman–Crippen MR) is 120 cm³/mol. The molecule has 0 fully saturated rings. The van der Waals surface area contributed by atoms with E-state index < -0.39 is 11.1 Å². The van der Waals surface area contributed by atoms with Crippen molar-refractivity contribution < 1.29 is 28.7 Å². The molecule has 0 bridgehead atoms. The molecule has 0 heterocycles. The number of carbonyl (C=O) groups excluding carboxylic acids is 2. The maximum absolute atomic E-state index is 10.8. The van der Waals surface area contributed by atoms with Gasteiger partial charge in [0.15, 0.2) is 0 Å². The summed E-state index contributed by atoms with van der Waals surface area (Å²) in [5.41, 5.74) is 4.96. The normalized spacial score (nSPS) is 8.59. The van der Waals surface area contributed by atoms with Crippen molar-refractivity contribution in [1.82, 2.24) is 5.32 Å². The number of nitro groups is 1. The van der Waals surface area contributed by atoms with Crippen molar-refractivity contribution >= 4 is 36.4 Å². The zero-order valence-corrected chi connectivity index (χ0v) is 18.4. The van der Waals surface area contributed by atoms with Gasteiger partial charge in [-0.1, -0.05) is 39.8 Å². The first-order valence-electron chi connectivity index (χ1n) is 8.45. The summed E-state index contributed by atoms with van der Waals surface area (Å²) in [6.45, 7) is 5.55. The number of nitrogens with two attached hydrogens (primary N) is 1. The molecule has 2 atom stereocenters. The molecule has 168 valence electrons. The molecule has 0 aromatic heterocycles. The number of benzene rings is 1. The van der Waals surface area contributed by atoms with E-state index in [2.05, 4.69) is 40.2 Å². The number of rotatable bonds is 7. The molecule has 1 rings (SSSR count). The molecule has 0 saturated carbocycles. The molecule has 0 aliphatic heterocycles. The van der Waals surface area contributed by atoms with E-state index in [4.69, 9.17) is 10.5 Å². The van der Waals surface area contributed by atoms with Gasteiger partial charge in [-0.15, -0.1) is 0 Å². The van der Waals surface area contributed by atoms with Crippen LogP contribution < -0.4 is 15.8 Å². The van der Waals surface area contributed by atoms with Crippen LogP contribution in [0.25, 0.3) is 0 Å². The summed E-state index contributed by atoms with van der Waals surface area (Å²) in [5.74, 6) is 0.198. The Bertz CT molecular complexity index is 558. The van der Waals surface area contributed by atoms with Crippen LogP contribution in [-0.2, 0) is 9.47 Å². The summed E-state index contributed by atoms with van der Waals surface area (Å²) in [5, 5.41) is 12.9. The maximum atomic E-state index is 10.8. The smallest absolute Gasteiger partial charge is 0.446 e. The number of alkyl carbamates (subject to hydrolysis) is 1. The molecule has 0 aliphatic carbocycles. The summed E-state index contributed by atoms with van der Waals surface area (Å²) in [6, 6.07) is 5.12. The standard InChI is InChI=1S/C8H8NO5P.C5H12NO2P.C3H9N.CH4/c10-8(13-5-15)14-7-3-1-6(2-4-7)9(11)12;1-2-3-6-5(7)8-4-9;1-2-3-4;/h1-4H,5,15H2;2-4,9H2,1H3,(H,6,7);2-4H2,1H3;1H4. The molecule has 0 spiro atoms. The maximum Gasteiger partial charge on any atom is 0.514 e. The van der Waals surface area contributed by atoms with E-state index in [1.54, 1.807) is 0 Å². The highest BCUT2D eigenvalue weighted by Crippen LogP contribution is 2.17. The summed E-state index contributed by atoms with van der Waals surface area (Å²) < 4.78 is 13.7. The van der Waals surface area contributed by atoms with Crippen molar-refractivity contribution in [3.8, 4) is 5.75 Å². The van der Waals surface area contributed by atoms with Crippen molar-refractivity contribution in [3.05, 3.63) is 34.4 Å². The second-order valence-electron chi connectivity index (χ2n) is 4.73. The second-order valence-corrected chi connectivity index (χ2v) is 5.39. The van der Waals surface area contributed by atoms with Crippen LogP contribution in [0.5, 0.6) is 5.75 Å². The van der Waals surface area contributed by atoms with Crippen LogP contribution in [0.3, 0.4) is 0 Å². The SMILES string of the molecule is C.CCCN.CCCNC(=O)OCP.O=C(OCP)Oc1ccc([N+](=O)[O-])cc1. The van der Waals surface area contributed by atoms with E-state index in [0.717, 1.165) is 19.4 Å². The Balaban J connectivity index is -0.000000414. The summed E-state index contributed by atoms with van der Waals surface area (Å²) >= 11 is 0. The van der Waals surface area contributed by atoms with Gasteiger partial charge in [-0.05, 0) is 31.5 Å². The van der Waals surface area contributed by atoms with Gasteiger partial charge in [0.1, 0.15) is 18.4 Å². The summed E-state index contributed by atoms with van der Waals surface area (Å²) in [4.78, 5) is 31.1. The topological polar surface area (TPSA) is 143 Å².